The van der Waals surface area contributed by atoms with Crippen LogP contribution in [-0.2, 0) is 23.8 Å². The van der Waals surface area contributed by atoms with E-state index in [1.807, 2.05) is 13.2 Å². The van der Waals surface area contributed by atoms with Crippen molar-refractivity contribution in [2.24, 2.45) is 7.05 Å². The smallest absolute Gasteiger partial charge is 0.249 e. The average molecular weight is 380 g/mol. The summed E-state index contributed by atoms with van der Waals surface area (Å²) in [6.07, 6.45) is 4.50. The fourth-order valence-corrected chi connectivity index (χ4v) is 6.02. The largest absolute Gasteiger partial charge is 0.369 e. The Morgan fingerprint density at radius 2 is 2.19 bits per heavy atom. The van der Waals surface area contributed by atoms with E-state index in [9.17, 15) is 8.78 Å². The molecule has 1 aliphatic carbocycles. The first-order chi connectivity index (χ1) is 12.4. The average Bonchev–Trinajstić information content (AvgIpc) is 3.20. The Kier molecular flexibility index (Phi) is 3.75. The third-order valence-corrected chi connectivity index (χ3v) is 7.44. The fourth-order valence-electron chi connectivity index (χ4n) is 4.53. The van der Waals surface area contributed by atoms with Crippen LogP contribution in [0.4, 0.5) is 8.78 Å². The fraction of sp³-hybridized carbons (Fsp3) is 0.667. The van der Waals surface area contributed by atoms with Crippen LogP contribution in [0.3, 0.4) is 0 Å². The molecule has 5 nitrogen and oxygen atoms in total. The number of rotatable bonds is 2. The number of fused-ring (bicyclic) bond motifs is 2. The zero-order valence-electron chi connectivity index (χ0n) is 14.7. The van der Waals surface area contributed by atoms with E-state index in [2.05, 4.69) is 21.7 Å². The van der Waals surface area contributed by atoms with Crippen molar-refractivity contribution in [1.29, 1.82) is 0 Å². The molecule has 2 unspecified atom stereocenters. The second kappa shape index (κ2) is 5.81. The molecule has 5 rings (SSSR count). The lowest BCUT2D eigenvalue weighted by Gasteiger charge is -2.43. The molecule has 140 valence electrons. The summed E-state index contributed by atoms with van der Waals surface area (Å²) in [6, 6.07) is 2.27. The molecule has 0 amide bonds. The highest BCUT2D eigenvalue weighted by Gasteiger charge is 2.49. The summed E-state index contributed by atoms with van der Waals surface area (Å²) < 4.78 is 34.7. The highest BCUT2D eigenvalue weighted by Crippen LogP contribution is 2.54. The lowest BCUT2D eigenvalue weighted by atomic mass is 9.79. The van der Waals surface area contributed by atoms with Crippen LogP contribution in [0.2, 0.25) is 0 Å². The van der Waals surface area contributed by atoms with Gasteiger partial charge in [0.25, 0.3) is 0 Å². The van der Waals surface area contributed by atoms with Gasteiger partial charge in [0.05, 0.1) is 18.3 Å². The maximum Gasteiger partial charge on any atom is 0.249 e. The van der Waals surface area contributed by atoms with Crippen molar-refractivity contribution in [3.8, 4) is 0 Å². The van der Waals surface area contributed by atoms with Crippen LogP contribution in [0.25, 0.3) is 0 Å². The van der Waals surface area contributed by atoms with Crippen molar-refractivity contribution in [3.63, 3.8) is 0 Å². The van der Waals surface area contributed by atoms with Crippen molar-refractivity contribution in [1.82, 2.24) is 20.3 Å². The topological polar surface area (TPSA) is 52.0 Å². The number of ether oxygens (including phenoxy) is 1. The number of piperidine rings is 1. The minimum absolute atomic E-state index is 0.00940. The van der Waals surface area contributed by atoms with Crippen molar-refractivity contribution in [2.45, 2.75) is 55.6 Å². The SMILES string of the molecule is Cn1cc(C2CC3(CCN2)OCCc2cc(C4CC(F)(F)C4)sc23)nn1. The summed E-state index contributed by atoms with van der Waals surface area (Å²) in [6.45, 7) is 1.53. The standard InChI is InChI=1S/C18H22F2N4OS/c1-24-10-14(22-23-24)13-9-17(3-4-21-13)16-11(2-5-25-17)6-15(26-16)12-7-18(19,20)8-12/h6,10,12-13,21H,2-5,7-9H2,1H3. The first-order valence-electron chi connectivity index (χ1n) is 9.19. The van der Waals surface area contributed by atoms with E-state index in [0.717, 1.165) is 36.4 Å². The number of alkyl halides is 2. The van der Waals surface area contributed by atoms with Crippen LogP contribution in [-0.4, -0.2) is 34.1 Å². The number of hydrogen-bond acceptors (Lipinski definition) is 5. The summed E-state index contributed by atoms with van der Waals surface area (Å²) in [4.78, 5) is 2.37. The van der Waals surface area contributed by atoms with E-state index >= 15 is 0 Å². The van der Waals surface area contributed by atoms with Gasteiger partial charge in [0.1, 0.15) is 5.60 Å². The molecule has 3 aliphatic rings. The number of nitrogens with one attached hydrogen (secondary N) is 1. The normalized spacial score (nSPS) is 31.0. The number of aryl methyl sites for hydroxylation is 1. The summed E-state index contributed by atoms with van der Waals surface area (Å²) in [5, 5.41) is 11.8. The van der Waals surface area contributed by atoms with Gasteiger partial charge < -0.3 is 10.1 Å². The van der Waals surface area contributed by atoms with Crippen molar-refractivity contribution >= 4 is 11.3 Å². The van der Waals surface area contributed by atoms with E-state index in [-0.39, 0.29) is 30.4 Å². The highest BCUT2D eigenvalue weighted by molar-refractivity contribution is 7.12. The van der Waals surface area contributed by atoms with Gasteiger partial charge in [-0.1, -0.05) is 5.21 Å². The molecule has 1 spiro atoms. The van der Waals surface area contributed by atoms with Gasteiger partial charge in [-0.15, -0.1) is 16.4 Å². The quantitative estimate of drug-likeness (QED) is 0.869. The van der Waals surface area contributed by atoms with Gasteiger partial charge in [-0.05, 0) is 31.0 Å². The van der Waals surface area contributed by atoms with E-state index < -0.39 is 5.92 Å². The third kappa shape index (κ3) is 2.70. The van der Waals surface area contributed by atoms with E-state index in [1.54, 1.807) is 16.0 Å². The van der Waals surface area contributed by atoms with Gasteiger partial charge in [0, 0.05) is 48.2 Å². The number of halogens is 2. The first-order valence-corrected chi connectivity index (χ1v) is 10.0. The number of aromatic nitrogens is 3. The van der Waals surface area contributed by atoms with Crippen molar-refractivity contribution < 1.29 is 13.5 Å². The molecule has 2 aliphatic heterocycles. The highest BCUT2D eigenvalue weighted by atomic mass is 32.1. The molecule has 26 heavy (non-hydrogen) atoms. The van der Waals surface area contributed by atoms with Crippen LogP contribution >= 0.6 is 11.3 Å². The summed E-state index contributed by atoms with van der Waals surface area (Å²) in [7, 11) is 1.87. The Morgan fingerprint density at radius 3 is 2.92 bits per heavy atom. The van der Waals surface area contributed by atoms with Gasteiger partial charge in [0.2, 0.25) is 5.92 Å². The second-order valence-electron chi connectivity index (χ2n) is 7.83. The molecule has 1 N–H and O–H groups in total. The van der Waals surface area contributed by atoms with Gasteiger partial charge >= 0.3 is 0 Å². The molecule has 8 heteroatoms. The van der Waals surface area contributed by atoms with Crippen LogP contribution in [0.1, 0.15) is 58.7 Å². The lowest BCUT2D eigenvalue weighted by molar-refractivity contribution is -0.0872. The van der Waals surface area contributed by atoms with Gasteiger partial charge in [0.15, 0.2) is 0 Å². The minimum atomic E-state index is -2.48. The number of thiophene rings is 1. The molecule has 4 heterocycles. The lowest BCUT2D eigenvalue weighted by Crippen LogP contribution is -2.45. The first kappa shape index (κ1) is 16.8. The van der Waals surface area contributed by atoms with Crippen LogP contribution < -0.4 is 5.32 Å². The zero-order chi connectivity index (χ0) is 17.9. The number of hydrogen-bond donors (Lipinski definition) is 1. The Bertz CT molecular complexity index is 827. The van der Waals surface area contributed by atoms with Gasteiger partial charge in [-0.25, -0.2) is 8.78 Å². The van der Waals surface area contributed by atoms with E-state index in [4.69, 9.17) is 4.74 Å². The third-order valence-electron chi connectivity index (χ3n) is 5.91. The molecule has 2 fully saturated rings. The number of nitrogens with zero attached hydrogens (tertiary/aromatic N) is 3. The Balaban J connectivity index is 1.44. The molecule has 2 atom stereocenters. The van der Waals surface area contributed by atoms with E-state index in [1.165, 1.54) is 10.4 Å². The second-order valence-corrected chi connectivity index (χ2v) is 8.92. The predicted octanol–water partition coefficient (Wildman–Crippen LogP) is 3.28. The monoisotopic (exact) mass is 380 g/mol. The maximum atomic E-state index is 13.3. The predicted molar refractivity (Wildman–Crippen MR) is 93.6 cm³/mol. The van der Waals surface area contributed by atoms with Crippen molar-refractivity contribution in [2.75, 3.05) is 13.2 Å². The molecular formula is C18H22F2N4OS. The van der Waals surface area contributed by atoms with Crippen LogP contribution in [0.5, 0.6) is 0 Å². The molecule has 0 aromatic carbocycles. The van der Waals surface area contributed by atoms with E-state index in [0.29, 0.717) is 6.61 Å². The Morgan fingerprint density at radius 1 is 1.35 bits per heavy atom. The van der Waals surface area contributed by atoms with Gasteiger partial charge in [-0.3, -0.25) is 4.68 Å². The molecule has 1 saturated carbocycles. The van der Waals surface area contributed by atoms with Crippen LogP contribution in [0.15, 0.2) is 12.3 Å². The minimum Gasteiger partial charge on any atom is -0.369 e. The molecule has 0 radical (unpaired) electrons. The summed E-state index contributed by atoms with van der Waals surface area (Å²) >= 11 is 1.70. The summed E-state index contributed by atoms with van der Waals surface area (Å²) in [5.41, 5.74) is 1.90. The molecule has 2 aromatic rings. The van der Waals surface area contributed by atoms with Gasteiger partial charge in [-0.2, -0.15) is 0 Å². The molecule has 0 bridgehead atoms. The summed E-state index contributed by atoms with van der Waals surface area (Å²) in [5.74, 6) is -2.47. The zero-order valence-corrected chi connectivity index (χ0v) is 15.5. The molecular weight excluding hydrogens is 358 g/mol. The molecule has 1 saturated heterocycles. The van der Waals surface area contributed by atoms with Crippen molar-refractivity contribution in [3.05, 3.63) is 33.3 Å². The molecule has 2 aromatic heterocycles. The Labute approximate surface area is 154 Å². The maximum absolute atomic E-state index is 13.3. The Hall–Kier alpha value is -1.38. The van der Waals surface area contributed by atoms with Crippen LogP contribution in [0, 0.1) is 0 Å².